The summed E-state index contributed by atoms with van der Waals surface area (Å²) in [5, 5.41) is 5.06. The molecule has 7 nitrogen and oxygen atoms in total. The zero-order valence-electron chi connectivity index (χ0n) is 15.5. The summed E-state index contributed by atoms with van der Waals surface area (Å²) in [6.45, 7) is 9.58. The van der Waals surface area contributed by atoms with Crippen LogP contribution in [0.5, 0.6) is 0 Å². The molecule has 3 rings (SSSR count). The molecule has 1 aromatic carbocycles. The van der Waals surface area contributed by atoms with Crippen LogP contribution in [0.1, 0.15) is 34.6 Å². The van der Waals surface area contributed by atoms with E-state index in [0.717, 1.165) is 11.0 Å². The molecule has 2 heterocycles. The number of nitrogens with zero attached hydrogens (tertiary/aromatic N) is 2. The summed E-state index contributed by atoms with van der Waals surface area (Å²) >= 11 is 0. The smallest absolute Gasteiger partial charge is 0.399 e. The highest BCUT2D eigenvalue weighted by Gasteiger charge is 2.52. The molecule has 2 aromatic rings. The van der Waals surface area contributed by atoms with Crippen molar-refractivity contribution in [3.8, 4) is 0 Å². The summed E-state index contributed by atoms with van der Waals surface area (Å²) in [7, 11) is -2.17. The van der Waals surface area contributed by atoms with Gasteiger partial charge in [-0.25, -0.2) is 8.42 Å². The van der Waals surface area contributed by atoms with Gasteiger partial charge in [0, 0.05) is 17.9 Å². The van der Waals surface area contributed by atoms with Crippen LogP contribution < -0.4 is 10.2 Å². The number of sulfonamides is 1. The third-order valence-electron chi connectivity index (χ3n) is 5.04. The molecule has 9 heteroatoms. The molecule has 0 spiro atoms. The van der Waals surface area contributed by atoms with Gasteiger partial charge >= 0.3 is 7.12 Å². The number of rotatable bonds is 4. The van der Waals surface area contributed by atoms with E-state index < -0.39 is 28.3 Å². The van der Waals surface area contributed by atoms with Gasteiger partial charge in [0.05, 0.1) is 22.5 Å². The zero-order valence-corrected chi connectivity index (χ0v) is 16.3. The van der Waals surface area contributed by atoms with E-state index >= 15 is 0 Å². The second-order valence-electron chi connectivity index (χ2n) is 7.31. The number of aryl methyl sites for hydroxylation is 1. The predicted molar refractivity (Wildman–Crippen MR) is 99.5 cm³/mol. The van der Waals surface area contributed by atoms with E-state index in [-0.39, 0.29) is 5.75 Å². The minimum Gasteiger partial charge on any atom is -0.399 e. The number of hydrogen-bond acceptors (Lipinski definition) is 5. The van der Waals surface area contributed by atoms with E-state index in [9.17, 15) is 8.42 Å². The molecule has 136 valence electrons. The van der Waals surface area contributed by atoms with Crippen molar-refractivity contribution in [3.63, 3.8) is 0 Å². The third-order valence-corrected chi connectivity index (χ3v) is 6.30. The summed E-state index contributed by atoms with van der Waals surface area (Å²) in [5.74, 6) is 0.305. The molecule has 0 radical (unpaired) electrons. The van der Waals surface area contributed by atoms with E-state index in [4.69, 9.17) is 9.31 Å². The fourth-order valence-electron chi connectivity index (χ4n) is 2.82. The average molecular weight is 365 g/mol. The summed E-state index contributed by atoms with van der Waals surface area (Å²) in [4.78, 5) is 0. The average Bonchev–Trinajstić information content (AvgIpc) is 2.92. The van der Waals surface area contributed by atoms with Crippen LogP contribution in [-0.4, -0.2) is 42.3 Å². The van der Waals surface area contributed by atoms with Gasteiger partial charge in [0.15, 0.2) is 5.82 Å². The minimum absolute atomic E-state index is 0.0119. The Labute approximate surface area is 148 Å². The minimum atomic E-state index is -3.41. The van der Waals surface area contributed by atoms with Crippen molar-refractivity contribution in [2.24, 2.45) is 7.05 Å². The standard InChI is InChI=1S/C16H24BN3O4S/c1-7-25(21,22)19-14-11-9-8-10-12(13(11)20(6)18-14)17-23-15(2,3)16(4,5)24-17/h8-10H,7H2,1-6H3,(H,18,19). The quantitative estimate of drug-likeness (QED) is 0.833. The van der Waals surface area contributed by atoms with Gasteiger partial charge in [-0.15, -0.1) is 0 Å². The largest absolute Gasteiger partial charge is 0.497 e. The zero-order chi connectivity index (χ0) is 18.6. The van der Waals surface area contributed by atoms with Crippen LogP contribution in [0.25, 0.3) is 10.9 Å². The second kappa shape index (κ2) is 5.72. The number of nitrogens with one attached hydrogen (secondary N) is 1. The molecular weight excluding hydrogens is 341 g/mol. The third kappa shape index (κ3) is 3.05. The van der Waals surface area contributed by atoms with E-state index in [2.05, 4.69) is 9.82 Å². The van der Waals surface area contributed by atoms with Gasteiger partial charge in [0.2, 0.25) is 10.0 Å². The maximum atomic E-state index is 11.9. The molecule has 1 fully saturated rings. The van der Waals surface area contributed by atoms with E-state index in [1.54, 1.807) is 18.7 Å². The number of benzene rings is 1. The van der Waals surface area contributed by atoms with Crippen LogP contribution in [0.4, 0.5) is 5.82 Å². The first-order chi connectivity index (χ1) is 11.5. The molecule has 0 aliphatic carbocycles. The Morgan fingerprint density at radius 1 is 1.20 bits per heavy atom. The van der Waals surface area contributed by atoms with Crippen LogP contribution in [0, 0.1) is 0 Å². The molecule has 1 aliphatic rings. The number of fused-ring (bicyclic) bond motifs is 1. The molecule has 0 amide bonds. The summed E-state index contributed by atoms with van der Waals surface area (Å²) in [6, 6.07) is 5.61. The highest BCUT2D eigenvalue weighted by molar-refractivity contribution is 7.92. The van der Waals surface area contributed by atoms with Crippen molar-refractivity contribution in [3.05, 3.63) is 18.2 Å². The van der Waals surface area contributed by atoms with Crippen molar-refractivity contribution in [1.82, 2.24) is 9.78 Å². The Morgan fingerprint density at radius 3 is 2.36 bits per heavy atom. The van der Waals surface area contributed by atoms with Crippen molar-refractivity contribution < 1.29 is 17.7 Å². The lowest BCUT2D eigenvalue weighted by Gasteiger charge is -2.32. The first kappa shape index (κ1) is 18.2. The van der Waals surface area contributed by atoms with Gasteiger partial charge in [-0.05, 0) is 40.7 Å². The van der Waals surface area contributed by atoms with Gasteiger partial charge in [0.1, 0.15) is 0 Å². The van der Waals surface area contributed by atoms with Crippen molar-refractivity contribution in [1.29, 1.82) is 0 Å². The van der Waals surface area contributed by atoms with E-state index in [0.29, 0.717) is 11.2 Å². The van der Waals surface area contributed by atoms with Crippen LogP contribution in [0.2, 0.25) is 0 Å². The number of hydrogen-bond donors (Lipinski definition) is 1. The summed E-state index contributed by atoms with van der Waals surface area (Å²) < 4.78 is 40.3. The highest BCUT2D eigenvalue weighted by atomic mass is 32.2. The Bertz CT molecular complexity index is 905. The van der Waals surface area contributed by atoms with E-state index in [1.165, 1.54) is 0 Å². The lowest BCUT2D eigenvalue weighted by Crippen LogP contribution is -2.41. The van der Waals surface area contributed by atoms with Crippen LogP contribution in [0.3, 0.4) is 0 Å². The molecule has 0 bridgehead atoms. The number of aromatic nitrogens is 2. The van der Waals surface area contributed by atoms with Gasteiger partial charge in [-0.3, -0.25) is 9.40 Å². The van der Waals surface area contributed by atoms with Crippen molar-refractivity contribution in [2.45, 2.75) is 45.8 Å². The highest BCUT2D eigenvalue weighted by Crippen LogP contribution is 2.37. The van der Waals surface area contributed by atoms with Crippen LogP contribution in [0.15, 0.2) is 18.2 Å². The van der Waals surface area contributed by atoms with Crippen molar-refractivity contribution in [2.75, 3.05) is 10.5 Å². The molecule has 0 atom stereocenters. The monoisotopic (exact) mass is 365 g/mol. The molecular formula is C16H24BN3O4S. The van der Waals surface area contributed by atoms with Gasteiger partial charge in [-0.1, -0.05) is 12.1 Å². The molecule has 0 saturated carbocycles. The molecule has 1 aliphatic heterocycles. The first-order valence-corrected chi connectivity index (χ1v) is 9.94. The number of para-hydroxylation sites is 1. The fraction of sp³-hybridized carbons (Fsp3) is 0.562. The maximum absolute atomic E-state index is 11.9. The van der Waals surface area contributed by atoms with Crippen LogP contribution in [-0.2, 0) is 26.4 Å². The topological polar surface area (TPSA) is 82.5 Å². The molecule has 0 unspecified atom stereocenters. The Hall–Kier alpha value is -1.58. The van der Waals surface area contributed by atoms with Gasteiger partial charge in [0.25, 0.3) is 0 Å². The molecule has 1 aromatic heterocycles. The molecule has 25 heavy (non-hydrogen) atoms. The Kier molecular flexibility index (Phi) is 4.17. The summed E-state index contributed by atoms with van der Waals surface area (Å²) in [5.41, 5.74) is 0.707. The molecule has 1 N–H and O–H groups in total. The van der Waals surface area contributed by atoms with Crippen molar-refractivity contribution >= 4 is 39.3 Å². The normalized spacial score (nSPS) is 19.5. The Balaban J connectivity index is 2.09. The lowest BCUT2D eigenvalue weighted by atomic mass is 9.78. The predicted octanol–water partition coefficient (Wildman–Crippen LogP) is 1.63. The number of anilines is 1. The SMILES string of the molecule is CCS(=O)(=O)Nc1nn(C)c2c(B3OC(C)(C)C(C)(C)O3)cccc12. The second-order valence-corrected chi connectivity index (χ2v) is 9.32. The fourth-order valence-corrected chi connectivity index (χ4v) is 3.41. The first-order valence-electron chi connectivity index (χ1n) is 8.29. The maximum Gasteiger partial charge on any atom is 0.497 e. The molecule has 1 saturated heterocycles. The lowest BCUT2D eigenvalue weighted by molar-refractivity contribution is 0.00578. The van der Waals surface area contributed by atoms with Gasteiger partial charge in [-0.2, -0.15) is 5.10 Å². The summed E-state index contributed by atoms with van der Waals surface area (Å²) in [6.07, 6.45) is 0. The van der Waals surface area contributed by atoms with E-state index in [1.807, 2.05) is 45.9 Å². The van der Waals surface area contributed by atoms with Gasteiger partial charge < -0.3 is 9.31 Å². The Morgan fingerprint density at radius 2 is 1.80 bits per heavy atom. The van der Waals surface area contributed by atoms with Crippen LogP contribution >= 0.6 is 0 Å².